The highest BCUT2D eigenvalue weighted by Gasteiger charge is 2.29. The van der Waals surface area contributed by atoms with Gasteiger partial charge >= 0.3 is 6.18 Å². The summed E-state index contributed by atoms with van der Waals surface area (Å²) in [6.45, 7) is 1.80. The number of nitrogens with two attached hydrogens (primary N) is 1. The average molecular weight is 320 g/mol. The highest BCUT2D eigenvalue weighted by Crippen LogP contribution is 2.37. The molecule has 0 spiro atoms. The summed E-state index contributed by atoms with van der Waals surface area (Å²) in [5, 5.41) is 11.9. The predicted octanol–water partition coefficient (Wildman–Crippen LogP) is 2.34. The van der Waals surface area contributed by atoms with Gasteiger partial charge in [0.25, 0.3) is 5.91 Å². The minimum atomic E-state index is -4.29. The lowest BCUT2D eigenvalue weighted by atomic mass is 10.2. The molecule has 0 aliphatic rings. The van der Waals surface area contributed by atoms with Crippen LogP contribution in [0.15, 0.2) is 0 Å². The van der Waals surface area contributed by atoms with Crippen molar-refractivity contribution >= 4 is 27.9 Å². The molecule has 1 aromatic rings. The van der Waals surface area contributed by atoms with Crippen LogP contribution in [-0.4, -0.2) is 32.2 Å². The molecule has 0 unspecified atom stereocenters. The van der Waals surface area contributed by atoms with E-state index in [1.165, 1.54) is 11.9 Å². The molecule has 21 heavy (non-hydrogen) atoms. The molecule has 1 heterocycles. The predicted molar refractivity (Wildman–Crippen MR) is 75.4 cm³/mol. The first-order valence-electron chi connectivity index (χ1n) is 6.09. The number of alkyl halides is 3. The molecule has 1 aromatic heterocycles. The van der Waals surface area contributed by atoms with Crippen molar-refractivity contribution in [3.8, 4) is 6.07 Å². The molecular weight excluding hydrogens is 305 g/mol. The Balaban J connectivity index is 3.05. The number of hydrogen-bond donors (Lipinski definition) is 2. The van der Waals surface area contributed by atoms with Gasteiger partial charge in [-0.25, -0.2) is 0 Å². The fraction of sp³-hybridized carbons (Fsp3) is 0.500. The second-order valence-electron chi connectivity index (χ2n) is 4.28. The zero-order valence-electron chi connectivity index (χ0n) is 11.5. The molecule has 3 N–H and O–H groups in total. The topological polar surface area (TPSA) is 82.2 Å². The van der Waals surface area contributed by atoms with Crippen LogP contribution in [0.5, 0.6) is 0 Å². The van der Waals surface area contributed by atoms with Crippen LogP contribution in [0.4, 0.5) is 23.9 Å². The van der Waals surface area contributed by atoms with Crippen LogP contribution in [0.3, 0.4) is 0 Å². The van der Waals surface area contributed by atoms with Crippen molar-refractivity contribution in [2.24, 2.45) is 0 Å². The summed E-state index contributed by atoms with van der Waals surface area (Å²) in [4.78, 5) is 13.2. The van der Waals surface area contributed by atoms with Gasteiger partial charge in [-0.15, -0.1) is 11.3 Å². The van der Waals surface area contributed by atoms with Gasteiger partial charge in [-0.3, -0.25) is 4.79 Å². The zero-order chi connectivity index (χ0) is 16.2. The standard InChI is InChI=1S/C12H15F3N4OS/c1-3-18-10(20)9-8(17)7(6-16)11(21-9)19(2)5-4-12(13,14)15/h3-5,17H2,1-2H3,(H,18,20). The molecular formula is C12H15F3N4OS. The maximum atomic E-state index is 12.3. The molecule has 1 amide bonds. The Labute approximate surface area is 124 Å². The van der Waals surface area contributed by atoms with Gasteiger partial charge in [-0.2, -0.15) is 18.4 Å². The molecule has 9 heteroatoms. The Bertz CT molecular complexity index is 562. The summed E-state index contributed by atoms with van der Waals surface area (Å²) in [7, 11) is 1.43. The monoisotopic (exact) mass is 320 g/mol. The smallest absolute Gasteiger partial charge is 0.390 e. The van der Waals surface area contributed by atoms with Crippen LogP contribution in [0.25, 0.3) is 0 Å². The summed E-state index contributed by atoms with van der Waals surface area (Å²) in [6, 6.07) is 1.84. The molecule has 0 aliphatic heterocycles. The first-order valence-corrected chi connectivity index (χ1v) is 6.91. The van der Waals surface area contributed by atoms with Crippen molar-refractivity contribution in [1.29, 1.82) is 5.26 Å². The van der Waals surface area contributed by atoms with Crippen LogP contribution in [-0.2, 0) is 0 Å². The SMILES string of the molecule is CCNC(=O)c1sc(N(C)CCC(F)(F)F)c(C#N)c1N. The van der Waals surface area contributed by atoms with Gasteiger partial charge in [0.2, 0.25) is 0 Å². The van der Waals surface area contributed by atoms with Crippen LogP contribution < -0.4 is 16.0 Å². The molecule has 0 saturated carbocycles. The lowest BCUT2D eigenvalue weighted by molar-refractivity contribution is -0.132. The maximum absolute atomic E-state index is 12.3. The van der Waals surface area contributed by atoms with E-state index in [9.17, 15) is 18.0 Å². The van der Waals surface area contributed by atoms with Crippen molar-refractivity contribution in [1.82, 2.24) is 5.32 Å². The molecule has 0 aromatic carbocycles. The Morgan fingerprint density at radius 3 is 2.62 bits per heavy atom. The maximum Gasteiger partial charge on any atom is 0.390 e. The molecule has 0 bridgehead atoms. The molecule has 116 valence electrons. The van der Waals surface area contributed by atoms with Gasteiger partial charge in [0.15, 0.2) is 0 Å². The third kappa shape index (κ3) is 4.26. The van der Waals surface area contributed by atoms with E-state index in [-0.39, 0.29) is 27.7 Å². The highest BCUT2D eigenvalue weighted by molar-refractivity contribution is 7.19. The van der Waals surface area contributed by atoms with Gasteiger partial charge in [0.05, 0.1) is 12.1 Å². The van der Waals surface area contributed by atoms with Crippen molar-refractivity contribution in [3.63, 3.8) is 0 Å². The molecule has 0 aliphatic carbocycles. The number of anilines is 2. The fourth-order valence-corrected chi connectivity index (χ4v) is 2.69. The van der Waals surface area contributed by atoms with Gasteiger partial charge in [-0.1, -0.05) is 0 Å². The Hall–Kier alpha value is -1.95. The van der Waals surface area contributed by atoms with Gasteiger partial charge in [-0.05, 0) is 6.92 Å². The number of thiophene rings is 1. The molecule has 1 rings (SSSR count). The van der Waals surface area contributed by atoms with Crippen LogP contribution in [0.2, 0.25) is 0 Å². The molecule has 5 nitrogen and oxygen atoms in total. The van der Waals surface area contributed by atoms with Crippen LogP contribution in [0, 0.1) is 11.3 Å². The van der Waals surface area contributed by atoms with E-state index in [2.05, 4.69) is 5.32 Å². The van der Waals surface area contributed by atoms with Crippen molar-refractivity contribution in [2.75, 3.05) is 30.8 Å². The Morgan fingerprint density at radius 1 is 1.52 bits per heavy atom. The largest absolute Gasteiger partial charge is 0.396 e. The number of carbonyl (C=O) groups is 1. The van der Waals surface area contributed by atoms with Gasteiger partial charge in [0.1, 0.15) is 21.5 Å². The second-order valence-corrected chi connectivity index (χ2v) is 5.28. The van der Waals surface area contributed by atoms with E-state index in [0.29, 0.717) is 6.54 Å². The number of amides is 1. The van der Waals surface area contributed by atoms with Crippen LogP contribution >= 0.6 is 11.3 Å². The number of nitrogen functional groups attached to an aromatic ring is 1. The van der Waals surface area contributed by atoms with Crippen LogP contribution in [0.1, 0.15) is 28.6 Å². The normalized spacial score (nSPS) is 11.0. The summed E-state index contributed by atoms with van der Waals surface area (Å²) >= 11 is 0.916. The minimum absolute atomic E-state index is 0.00214. The third-order valence-corrected chi connectivity index (χ3v) is 3.98. The molecule has 0 saturated heterocycles. The van der Waals surface area contributed by atoms with E-state index >= 15 is 0 Å². The average Bonchev–Trinajstić information content (AvgIpc) is 2.72. The van der Waals surface area contributed by atoms with Crippen molar-refractivity contribution in [2.45, 2.75) is 19.5 Å². The van der Waals surface area contributed by atoms with Crippen molar-refractivity contribution in [3.05, 3.63) is 10.4 Å². The van der Waals surface area contributed by atoms with Crippen molar-refractivity contribution < 1.29 is 18.0 Å². The van der Waals surface area contributed by atoms with E-state index in [1.807, 2.05) is 6.07 Å². The summed E-state index contributed by atoms with van der Waals surface area (Å²) in [6.07, 6.45) is -5.30. The lowest BCUT2D eigenvalue weighted by Crippen LogP contribution is -2.23. The molecule has 0 fully saturated rings. The number of nitriles is 1. The lowest BCUT2D eigenvalue weighted by Gasteiger charge is -2.18. The van der Waals surface area contributed by atoms with E-state index in [0.717, 1.165) is 11.3 Å². The molecule has 0 radical (unpaired) electrons. The number of carbonyl (C=O) groups excluding carboxylic acids is 1. The van der Waals surface area contributed by atoms with E-state index in [4.69, 9.17) is 11.0 Å². The minimum Gasteiger partial charge on any atom is -0.396 e. The number of halogens is 3. The summed E-state index contributed by atoms with van der Waals surface area (Å²) in [5.74, 6) is -0.438. The third-order valence-electron chi connectivity index (χ3n) is 2.66. The Morgan fingerprint density at radius 2 is 2.14 bits per heavy atom. The first kappa shape index (κ1) is 17.1. The fourth-order valence-electron chi connectivity index (χ4n) is 1.61. The number of hydrogen-bond acceptors (Lipinski definition) is 5. The summed E-state index contributed by atoms with van der Waals surface area (Å²) < 4.78 is 36.8. The number of rotatable bonds is 5. The molecule has 0 atom stereocenters. The number of nitrogens with zero attached hydrogens (tertiary/aromatic N) is 2. The van der Waals surface area contributed by atoms with E-state index < -0.39 is 18.5 Å². The highest BCUT2D eigenvalue weighted by atomic mass is 32.1. The first-order chi connectivity index (χ1) is 9.71. The van der Waals surface area contributed by atoms with Gasteiger partial charge in [0, 0.05) is 20.1 Å². The quantitative estimate of drug-likeness (QED) is 0.872. The van der Waals surface area contributed by atoms with Gasteiger partial charge < -0.3 is 16.0 Å². The second kappa shape index (κ2) is 6.67. The zero-order valence-corrected chi connectivity index (χ0v) is 12.4. The Kier molecular flexibility index (Phi) is 5.43. The van der Waals surface area contributed by atoms with E-state index in [1.54, 1.807) is 6.92 Å². The summed E-state index contributed by atoms with van der Waals surface area (Å²) in [5.41, 5.74) is 5.78. The number of nitrogens with one attached hydrogen (secondary N) is 1.